The van der Waals surface area contributed by atoms with Crippen LogP contribution in [0, 0.1) is 30.6 Å². The van der Waals surface area contributed by atoms with E-state index in [1.165, 1.54) is 0 Å². The second-order valence-corrected chi connectivity index (χ2v) is 7.56. The highest BCUT2D eigenvalue weighted by Gasteiger charge is 2.26. The first-order valence-corrected chi connectivity index (χ1v) is 9.93. The SMILES string of the molecule is C#Cc1ccc(C(=O)c2ccc3c(c2)CCC(C(=O)c2ccc(C#C)cc2)C3)cc1. The molecule has 1 aliphatic carbocycles. The Morgan fingerprint density at radius 2 is 1.30 bits per heavy atom. The summed E-state index contributed by atoms with van der Waals surface area (Å²) in [6.45, 7) is 0. The van der Waals surface area contributed by atoms with E-state index in [0.29, 0.717) is 23.1 Å². The van der Waals surface area contributed by atoms with Crippen LogP contribution in [-0.4, -0.2) is 11.6 Å². The van der Waals surface area contributed by atoms with Crippen molar-refractivity contribution in [3.8, 4) is 24.7 Å². The van der Waals surface area contributed by atoms with E-state index >= 15 is 0 Å². The largest absolute Gasteiger partial charge is 0.294 e. The molecule has 0 bridgehead atoms. The average molecular weight is 388 g/mol. The summed E-state index contributed by atoms with van der Waals surface area (Å²) in [5.74, 6) is 5.21. The van der Waals surface area contributed by atoms with Crippen LogP contribution < -0.4 is 0 Å². The summed E-state index contributed by atoms with van der Waals surface area (Å²) < 4.78 is 0. The molecule has 0 amide bonds. The molecule has 1 aliphatic rings. The van der Waals surface area contributed by atoms with Gasteiger partial charge in [-0.1, -0.05) is 36.1 Å². The van der Waals surface area contributed by atoms with Crippen LogP contribution in [0.3, 0.4) is 0 Å². The quantitative estimate of drug-likeness (QED) is 0.472. The predicted octanol–water partition coefficient (Wildman–Crippen LogP) is 4.87. The monoisotopic (exact) mass is 388 g/mol. The Kier molecular flexibility index (Phi) is 5.34. The van der Waals surface area contributed by atoms with Crippen molar-refractivity contribution in [1.29, 1.82) is 0 Å². The molecule has 0 heterocycles. The number of hydrogen-bond acceptors (Lipinski definition) is 2. The number of benzene rings is 3. The molecule has 0 spiro atoms. The number of terminal acetylenes is 2. The van der Waals surface area contributed by atoms with Crippen molar-refractivity contribution in [3.63, 3.8) is 0 Å². The molecule has 3 aromatic carbocycles. The van der Waals surface area contributed by atoms with Gasteiger partial charge in [0.25, 0.3) is 0 Å². The number of Topliss-reactive ketones (excluding diaryl/α,β-unsaturated/α-hetero) is 1. The van der Waals surface area contributed by atoms with Gasteiger partial charge in [0, 0.05) is 33.7 Å². The number of rotatable bonds is 4. The standard InChI is InChI=1S/C28H20O2/c1-3-19-5-9-21(10-6-19)27(29)25-15-13-24-18-26(16-14-23(24)17-25)28(30)22-11-7-20(4-2)8-12-22/h1-2,5-13,15,17,26H,14,16,18H2. The van der Waals surface area contributed by atoms with Gasteiger partial charge in [-0.3, -0.25) is 9.59 Å². The van der Waals surface area contributed by atoms with Gasteiger partial charge < -0.3 is 0 Å². The molecule has 1 atom stereocenters. The molecule has 0 saturated carbocycles. The van der Waals surface area contributed by atoms with Crippen LogP contribution >= 0.6 is 0 Å². The average Bonchev–Trinajstić information content (AvgIpc) is 2.82. The Morgan fingerprint density at radius 1 is 0.733 bits per heavy atom. The lowest BCUT2D eigenvalue weighted by Crippen LogP contribution is -2.23. The molecule has 30 heavy (non-hydrogen) atoms. The zero-order valence-corrected chi connectivity index (χ0v) is 16.5. The van der Waals surface area contributed by atoms with E-state index in [9.17, 15) is 9.59 Å². The topological polar surface area (TPSA) is 34.1 Å². The molecular formula is C28H20O2. The second kappa shape index (κ2) is 8.24. The molecule has 0 radical (unpaired) electrons. The predicted molar refractivity (Wildman–Crippen MR) is 118 cm³/mol. The minimum absolute atomic E-state index is 0.0202. The van der Waals surface area contributed by atoms with Gasteiger partial charge in [-0.15, -0.1) is 12.8 Å². The molecule has 144 valence electrons. The molecule has 0 saturated heterocycles. The van der Waals surface area contributed by atoms with E-state index in [4.69, 9.17) is 12.8 Å². The van der Waals surface area contributed by atoms with Gasteiger partial charge in [0.15, 0.2) is 11.6 Å². The van der Waals surface area contributed by atoms with Crippen molar-refractivity contribution in [2.24, 2.45) is 5.92 Å². The van der Waals surface area contributed by atoms with Crippen molar-refractivity contribution >= 4 is 11.6 Å². The van der Waals surface area contributed by atoms with Crippen LogP contribution in [0.1, 0.15) is 55.0 Å². The summed E-state index contributed by atoms with van der Waals surface area (Å²) in [5, 5.41) is 0. The highest BCUT2D eigenvalue weighted by atomic mass is 16.1. The maximum absolute atomic E-state index is 12.9. The smallest absolute Gasteiger partial charge is 0.193 e. The van der Waals surface area contributed by atoms with Crippen LogP contribution in [0.15, 0.2) is 66.7 Å². The fourth-order valence-electron chi connectivity index (χ4n) is 3.97. The molecule has 0 fully saturated rings. The third-order valence-corrected chi connectivity index (χ3v) is 5.72. The van der Waals surface area contributed by atoms with Gasteiger partial charge >= 0.3 is 0 Å². The normalized spacial score (nSPS) is 14.8. The van der Waals surface area contributed by atoms with E-state index in [-0.39, 0.29) is 17.5 Å². The number of fused-ring (bicyclic) bond motifs is 1. The molecule has 3 aromatic rings. The van der Waals surface area contributed by atoms with Gasteiger partial charge in [0.1, 0.15) is 0 Å². The van der Waals surface area contributed by atoms with Crippen LogP contribution in [0.5, 0.6) is 0 Å². The first-order valence-electron chi connectivity index (χ1n) is 9.93. The van der Waals surface area contributed by atoms with Crippen molar-refractivity contribution < 1.29 is 9.59 Å². The maximum atomic E-state index is 12.9. The molecule has 0 N–H and O–H groups in total. The third-order valence-electron chi connectivity index (χ3n) is 5.72. The fourth-order valence-corrected chi connectivity index (χ4v) is 3.97. The van der Waals surface area contributed by atoms with Crippen LogP contribution in [0.25, 0.3) is 0 Å². The van der Waals surface area contributed by atoms with Gasteiger partial charge in [-0.2, -0.15) is 0 Å². The van der Waals surface area contributed by atoms with Gasteiger partial charge in [-0.05, 0) is 72.9 Å². The van der Waals surface area contributed by atoms with Crippen molar-refractivity contribution in [3.05, 3.63) is 106 Å². The highest BCUT2D eigenvalue weighted by molar-refractivity contribution is 6.09. The minimum Gasteiger partial charge on any atom is -0.294 e. The van der Waals surface area contributed by atoms with Crippen molar-refractivity contribution in [1.82, 2.24) is 0 Å². The lowest BCUT2D eigenvalue weighted by atomic mass is 9.79. The first kappa shape index (κ1) is 19.4. The lowest BCUT2D eigenvalue weighted by Gasteiger charge is -2.24. The van der Waals surface area contributed by atoms with Crippen LogP contribution in [0.2, 0.25) is 0 Å². The summed E-state index contributed by atoms with van der Waals surface area (Å²) in [6.07, 6.45) is 13.0. The van der Waals surface area contributed by atoms with Crippen molar-refractivity contribution in [2.75, 3.05) is 0 Å². The maximum Gasteiger partial charge on any atom is 0.193 e. The molecular weight excluding hydrogens is 368 g/mol. The van der Waals surface area contributed by atoms with E-state index in [1.807, 2.05) is 18.2 Å². The Morgan fingerprint density at radius 3 is 1.90 bits per heavy atom. The third kappa shape index (κ3) is 3.82. The fraction of sp³-hybridized carbons (Fsp3) is 0.143. The summed E-state index contributed by atoms with van der Waals surface area (Å²) in [6, 6.07) is 20.1. The minimum atomic E-state index is -0.0490. The van der Waals surface area contributed by atoms with E-state index in [2.05, 4.69) is 11.8 Å². The summed E-state index contributed by atoms with van der Waals surface area (Å²) in [4.78, 5) is 25.7. The Labute approximate surface area is 177 Å². The molecule has 0 aliphatic heterocycles. The van der Waals surface area contributed by atoms with Gasteiger partial charge in [-0.25, -0.2) is 0 Å². The summed E-state index contributed by atoms with van der Waals surface area (Å²) in [7, 11) is 0. The molecule has 4 rings (SSSR count). The number of aryl methyl sites for hydroxylation is 1. The van der Waals surface area contributed by atoms with Crippen LogP contribution in [-0.2, 0) is 12.8 Å². The Balaban J connectivity index is 1.51. The molecule has 2 nitrogen and oxygen atoms in total. The van der Waals surface area contributed by atoms with Gasteiger partial charge in [0.2, 0.25) is 0 Å². The number of carbonyl (C=O) groups is 2. The zero-order valence-electron chi connectivity index (χ0n) is 16.5. The zero-order chi connectivity index (χ0) is 21.1. The second-order valence-electron chi connectivity index (χ2n) is 7.56. The van der Waals surface area contributed by atoms with Gasteiger partial charge in [0.05, 0.1) is 0 Å². The number of ketones is 2. The number of hydrogen-bond donors (Lipinski definition) is 0. The lowest BCUT2D eigenvalue weighted by molar-refractivity contribution is 0.0908. The Bertz CT molecular complexity index is 1200. The van der Waals surface area contributed by atoms with E-state index in [0.717, 1.165) is 35.1 Å². The van der Waals surface area contributed by atoms with Crippen molar-refractivity contribution in [2.45, 2.75) is 19.3 Å². The molecule has 1 unspecified atom stereocenters. The molecule has 0 aromatic heterocycles. The van der Waals surface area contributed by atoms with E-state index < -0.39 is 0 Å². The van der Waals surface area contributed by atoms with Crippen LogP contribution in [0.4, 0.5) is 0 Å². The highest BCUT2D eigenvalue weighted by Crippen LogP contribution is 2.29. The Hall–Kier alpha value is -3.88. The van der Waals surface area contributed by atoms with E-state index in [1.54, 1.807) is 48.5 Å². The summed E-state index contributed by atoms with van der Waals surface area (Å²) >= 11 is 0. The number of carbonyl (C=O) groups excluding carboxylic acids is 2. The summed E-state index contributed by atoms with van der Waals surface area (Å²) in [5.41, 5.74) is 5.79. The molecule has 2 heteroatoms. The first-order chi connectivity index (χ1) is 14.6.